The summed E-state index contributed by atoms with van der Waals surface area (Å²) < 4.78 is 35.0. The quantitative estimate of drug-likeness (QED) is 0.238. The SMILES string of the molecule is Cc1c(-c2ccc(-c3cnc(C(=O)Nc4ccc(C(=O)N5CCN(C(=O)C6CC[N+](C)(C)CC6)CC5)c(Cl)c4)n3C)c(F)c2F)cnn1CC(=O)NC(C)(C)C. The van der Waals surface area contributed by atoms with Gasteiger partial charge >= 0.3 is 0 Å². The average Bonchev–Trinajstić information content (AvgIpc) is 3.69. The highest BCUT2D eigenvalue weighted by molar-refractivity contribution is 6.34. The van der Waals surface area contributed by atoms with E-state index in [2.05, 4.69) is 34.8 Å². The normalized spacial score (nSPS) is 16.2. The van der Waals surface area contributed by atoms with Crippen LogP contribution in [0.5, 0.6) is 0 Å². The number of hydrogen-bond donors (Lipinski definition) is 2. The minimum atomic E-state index is -1.14. The molecule has 2 fully saturated rings. The number of nitrogens with zero attached hydrogens (tertiary/aromatic N) is 7. The number of piperidine rings is 1. The Hall–Kier alpha value is -5.15. The highest BCUT2D eigenvalue weighted by Gasteiger charge is 2.35. The summed E-state index contributed by atoms with van der Waals surface area (Å²) in [6, 6.07) is 7.38. The zero-order valence-corrected chi connectivity index (χ0v) is 33.6. The Morgan fingerprint density at radius 3 is 2.18 bits per heavy atom. The number of amides is 4. The van der Waals surface area contributed by atoms with E-state index in [4.69, 9.17) is 11.6 Å². The van der Waals surface area contributed by atoms with Gasteiger partial charge < -0.3 is 29.5 Å². The second kappa shape index (κ2) is 15.8. The third kappa shape index (κ3) is 8.63. The fourth-order valence-corrected chi connectivity index (χ4v) is 7.58. The van der Waals surface area contributed by atoms with E-state index in [0.717, 1.165) is 30.4 Å². The molecule has 2 aliphatic rings. The molecule has 6 rings (SSSR count). The van der Waals surface area contributed by atoms with Crippen molar-refractivity contribution >= 4 is 40.9 Å². The van der Waals surface area contributed by atoms with Crippen LogP contribution in [0.1, 0.15) is 60.3 Å². The van der Waals surface area contributed by atoms with E-state index in [1.807, 2.05) is 25.7 Å². The second-order valence-corrected chi connectivity index (χ2v) is 16.7. The van der Waals surface area contributed by atoms with E-state index < -0.39 is 23.1 Å². The molecule has 0 bridgehead atoms. The average molecular weight is 793 g/mol. The van der Waals surface area contributed by atoms with Crippen molar-refractivity contribution in [2.24, 2.45) is 13.0 Å². The van der Waals surface area contributed by atoms with Crippen LogP contribution in [0.4, 0.5) is 14.5 Å². The lowest BCUT2D eigenvalue weighted by Crippen LogP contribution is -2.54. The molecule has 2 N–H and O–H groups in total. The molecule has 298 valence electrons. The highest BCUT2D eigenvalue weighted by Crippen LogP contribution is 2.33. The van der Waals surface area contributed by atoms with Crippen LogP contribution in [-0.2, 0) is 23.2 Å². The van der Waals surface area contributed by atoms with Crippen molar-refractivity contribution in [1.29, 1.82) is 0 Å². The van der Waals surface area contributed by atoms with Crippen molar-refractivity contribution < 1.29 is 32.4 Å². The first-order valence-electron chi connectivity index (χ1n) is 18.7. The van der Waals surface area contributed by atoms with Crippen LogP contribution in [0, 0.1) is 24.5 Å². The third-order valence-electron chi connectivity index (χ3n) is 10.6. The van der Waals surface area contributed by atoms with Crippen LogP contribution >= 0.6 is 11.6 Å². The van der Waals surface area contributed by atoms with Gasteiger partial charge in [-0.3, -0.25) is 23.9 Å². The van der Waals surface area contributed by atoms with Crippen molar-refractivity contribution in [3.05, 3.63) is 76.5 Å². The molecule has 2 aromatic carbocycles. The lowest BCUT2D eigenvalue weighted by atomic mass is 9.94. The van der Waals surface area contributed by atoms with Crippen LogP contribution in [0.2, 0.25) is 5.02 Å². The fourth-order valence-electron chi connectivity index (χ4n) is 7.32. The standard InChI is InChI=1S/C40H48ClF2N9O4/c1-24-30(21-45-51(24)23-33(53)47-40(2,3)4)27-10-11-29(35(43)34(27)42)32-22-44-36(48(32)5)37(54)46-26-8-9-28(31(41)20-26)39(56)50-16-14-49(15-17-50)38(55)25-12-18-52(6,7)19-13-25/h8-11,20-22,25H,12-19,23H2,1-7H3,(H-,46,47,53,54,56)/p+1. The first-order valence-corrected chi connectivity index (χ1v) is 19.1. The Morgan fingerprint density at radius 1 is 0.911 bits per heavy atom. The number of halogens is 3. The number of piperazine rings is 1. The van der Waals surface area contributed by atoms with Gasteiger partial charge in [-0.15, -0.1) is 0 Å². The van der Waals surface area contributed by atoms with Crippen molar-refractivity contribution in [1.82, 2.24) is 34.4 Å². The Morgan fingerprint density at radius 2 is 1.54 bits per heavy atom. The zero-order chi connectivity index (χ0) is 40.7. The summed E-state index contributed by atoms with van der Waals surface area (Å²) in [7, 11) is 5.88. The van der Waals surface area contributed by atoms with Gasteiger partial charge in [-0.25, -0.2) is 13.8 Å². The molecule has 0 aliphatic carbocycles. The number of rotatable bonds is 8. The number of carbonyl (C=O) groups excluding carboxylic acids is 4. The molecule has 13 nitrogen and oxygen atoms in total. The van der Waals surface area contributed by atoms with Crippen LogP contribution in [-0.4, -0.2) is 116 Å². The number of anilines is 1. The number of aromatic nitrogens is 4. The first kappa shape index (κ1) is 40.5. The Labute approximate surface area is 330 Å². The minimum absolute atomic E-state index is 0.0269. The second-order valence-electron chi connectivity index (χ2n) is 16.3. The van der Waals surface area contributed by atoms with Crippen molar-refractivity contribution in [3.63, 3.8) is 0 Å². The number of hydrogen-bond acceptors (Lipinski definition) is 6. The van der Waals surface area contributed by atoms with E-state index in [0.29, 0.717) is 43.1 Å². The topological polar surface area (TPSA) is 134 Å². The zero-order valence-electron chi connectivity index (χ0n) is 32.9. The maximum absolute atomic E-state index is 15.7. The lowest BCUT2D eigenvalue weighted by molar-refractivity contribution is -0.895. The van der Waals surface area contributed by atoms with Gasteiger partial charge in [0.1, 0.15) is 6.54 Å². The summed E-state index contributed by atoms with van der Waals surface area (Å²) in [6.07, 6.45) is 4.41. The number of benzene rings is 2. The molecule has 4 heterocycles. The van der Waals surface area contributed by atoms with Gasteiger partial charge in [0.15, 0.2) is 17.5 Å². The molecule has 4 aromatic rings. The van der Waals surface area contributed by atoms with Crippen LogP contribution < -0.4 is 10.6 Å². The maximum atomic E-state index is 15.7. The van der Waals surface area contributed by atoms with E-state index in [1.54, 1.807) is 17.9 Å². The van der Waals surface area contributed by atoms with Gasteiger partial charge in [-0.2, -0.15) is 5.10 Å². The van der Waals surface area contributed by atoms with Crippen molar-refractivity contribution in [2.75, 3.05) is 58.7 Å². The summed E-state index contributed by atoms with van der Waals surface area (Å²) in [6.45, 7) is 10.8. The predicted molar refractivity (Wildman–Crippen MR) is 209 cm³/mol. The predicted octanol–water partition coefficient (Wildman–Crippen LogP) is 5.13. The van der Waals surface area contributed by atoms with Gasteiger partial charge in [0, 0.05) is 85.6 Å². The Bertz CT molecular complexity index is 2170. The third-order valence-corrected chi connectivity index (χ3v) is 10.9. The van der Waals surface area contributed by atoms with Crippen molar-refractivity contribution in [2.45, 2.75) is 52.6 Å². The summed E-state index contributed by atoms with van der Waals surface area (Å²) in [5, 5.41) is 9.92. The summed E-state index contributed by atoms with van der Waals surface area (Å²) in [4.78, 5) is 60.0. The lowest BCUT2D eigenvalue weighted by Gasteiger charge is -2.40. The Kier molecular flexibility index (Phi) is 11.4. The smallest absolute Gasteiger partial charge is 0.291 e. The molecular weight excluding hydrogens is 744 g/mol. The van der Waals surface area contributed by atoms with E-state index >= 15 is 8.78 Å². The molecule has 56 heavy (non-hydrogen) atoms. The van der Waals surface area contributed by atoms with Crippen LogP contribution in [0.3, 0.4) is 0 Å². The Balaban J connectivity index is 1.08. The van der Waals surface area contributed by atoms with E-state index in [-0.39, 0.29) is 63.4 Å². The highest BCUT2D eigenvalue weighted by atomic mass is 35.5. The number of quaternary nitrogens is 1. The van der Waals surface area contributed by atoms with Crippen molar-refractivity contribution in [3.8, 4) is 22.4 Å². The van der Waals surface area contributed by atoms with E-state index in [9.17, 15) is 19.2 Å². The molecule has 0 saturated carbocycles. The summed E-state index contributed by atoms with van der Waals surface area (Å²) >= 11 is 6.55. The molecule has 16 heteroatoms. The largest absolute Gasteiger partial charge is 0.350 e. The molecule has 0 unspecified atom stereocenters. The molecular formula is C40H49ClF2N9O4+. The maximum Gasteiger partial charge on any atom is 0.291 e. The summed E-state index contributed by atoms with van der Waals surface area (Å²) in [5.41, 5.74) is 0.983. The number of carbonyl (C=O) groups is 4. The molecule has 4 amide bonds. The van der Waals surface area contributed by atoms with Gasteiger partial charge in [0.2, 0.25) is 11.8 Å². The van der Waals surface area contributed by atoms with Crippen LogP contribution in [0.15, 0.2) is 42.7 Å². The number of nitrogens with one attached hydrogen (secondary N) is 2. The van der Waals surface area contributed by atoms with Gasteiger partial charge in [-0.1, -0.05) is 17.7 Å². The van der Waals surface area contributed by atoms with Crippen LogP contribution in [0.25, 0.3) is 22.4 Å². The van der Waals surface area contributed by atoms with E-state index in [1.165, 1.54) is 53.0 Å². The molecule has 0 atom stereocenters. The summed E-state index contributed by atoms with van der Waals surface area (Å²) in [5.74, 6) is -3.29. The van der Waals surface area contributed by atoms with Gasteiger partial charge in [-0.05, 0) is 52.0 Å². The van der Waals surface area contributed by atoms with Gasteiger partial charge in [0.25, 0.3) is 11.8 Å². The van der Waals surface area contributed by atoms with Gasteiger partial charge in [0.05, 0.1) is 55.9 Å². The first-order chi connectivity index (χ1) is 26.3. The number of likely N-dealkylation sites (tertiary alicyclic amines) is 1. The molecule has 2 aliphatic heterocycles. The monoisotopic (exact) mass is 792 g/mol. The molecule has 2 aromatic heterocycles. The number of imidazole rings is 1. The molecule has 2 saturated heterocycles. The molecule has 0 radical (unpaired) electrons. The molecule has 0 spiro atoms. The minimum Gasteiger partial charge on any atom is -0.350 e. The fraction of sp³-hybridized carbons (Fsp3) is 0.450.